The standard InChI is InChI=1S/C24H32N2O3S/c1-4-8-20-11-13-22(14-12-20)30(28,29)26-16-7-15-24(3,18-26)23(27)25-17-21-10-6-5-9-19(21)2/h5-6,9-14H,4,7-8,15-18H2,1-3H3,(H,25,27). The number of rotatable bonds is 7. The Labute approximate surface area is 180 Å². The van der Waals surface area contributed by atoms with Crippen molar-refractivity contribution >= 4 is 15.9 Å². The van der Waals surface area contributed by atoms with E-state index < -0.39 is 15.4 Å². The van der Waals surface area contributed by atoms with Gasteiger partial charge in [-0.15, -0.1) is 0 Å². The average molecular weight is 429 g/mol. The summed E-state index contributed by atoms with van der Waals surface area (Å²) in [4.78, 5) is 13.3. The molecule has 1 amide bonds. The lowest BCUT2D eigenvalue weighted by molar-refractivity contribution is -0.132. The topological polar surface area (TPSA) is 66.5 Å². The highest BCUT2D eigenvalue weighted by Gasteiger charge is 2.41. The number of aryl methyl sites for hydroxylation is 2. The van der Waals surface area contributed by atoms with Gasteiger partial charge in [-0.3, -0.25) is 4.79 Å². The van der Waals surface area contributed by atoms with Crippen LogP contribution in [0.4, 0.5) is 0 Å². The van der Waals surface area contributed by atoms with Crippen LogP contribution in [0, 0.1) is 12.3 Å². The Morgan fingerprint density at radius 3 is 2.50 bits per heavy atom. The molecule has 1 heterocycles. The lowest BCUT2D eigenvalue weighted by atomic mass is 9.82. The molecule has 2 aromatic rings. The number of hydrogen-bond donors (Lipinski definition) is 1. The molecule has 6 heteroatoms. The van der Waals surface area contributed by atoms with Gasteiger partial charge in [0.2, 0.25) is 15.9 Å². The molecular formula is C24H32N2O3S. The summed E-state index contributed by atoms with van der Waals surface area (Å²) in [6.45, 7) is 7.08. The summed E-state index contributed by atoms with van der Waals surface area (Å²) < 4.78 is 27.8. The maximum atomic E-state index is 13.2. The molecule has 30 heavy (non-hydrogen) atoms. The van der Waals surface area contributed by atoms with Gasteiger partial charge < -0.3 is 5.32 Å². The fourth-order valence-electron chi connectivity index (χ4n) is 4.05. The Balaban J connectivity index is 1.71. The van der Waals surface area contributed by atoms with Crippen LogP contribution in [0.1, 0.15) is 49.8 Å². The van der Waals surface area contributed by atoms with Gasteiger partial charge in [-0.2, -0.15) is 4.31 Å². The van der Waals surface area contributed by atoms with Crippen molar-refractivity contribution in [2.45, 2.75) is 57.9 Å². The number of benzene rings is 2. The first kappa shape index (κ1) is 22.5. The first-order valence-corrected chi connectivity index (χ1v) is 12.1. The van der Waals surface area contributed by atoms with Gasteiger partial charge in [-0.25, -0.2) is 8.42 Å². The van der Waals surface area contributed by atoms with Gasteiger partial charge in [-0.1, -0.05) is 49.7 Å². The number of nitrogens with one attached hydrogen (secondary N) is 1. The van der Waals surface area contributed by atoms with Gasteiger partial charge in [0.15, 0.2) is 0 Å². The molecule has 162 valence electrons. The van der Waals surface area contributed by atoms with E-state index in [1.165, 1.54) is 4.31 Å². The van der Waals surface area contributed by atoms with Gasteiger partial charge in [0, 0.05) is 19.6 Å². The normalized spacial score (nSPS) is 20.1. The highest BCUT2D eigenvalue weighted by atomic mass is 32.2. The van der Waals surface area contributed by atoms with Crippen LogP contribution in [0.25, 0.3) is 0 Å². The molecule has 0 saturated carbocycles. The van der Waals surface area contributed by atoms with Crippen LogP contribution in [0.3, 0.4) is 0 Å². The SMILES string of the molecule is CCCc1ccc(S(=O)(=O)N2CCCC(C)(C(=O)NCc3ccccc3C)C2)cc1. The number of carbonyl (C=O) groups is 1. The van der Waals surface area contributed by atoms with E-state index in [9.17, 15) is 13.2 Å². The summed E-state index contributed by atoms with van der Waals surface area (Å²) in [6.07, 6.45) is 3.30. The molecule has 5 nitrogen and oxygen atoms in total. The Hall–Kier alpha value is -2.18. The molecule has 0 aromatic heterocycles. The summed E-state index contributed by atoms with van der Waals surface area (Å²) in [7, 11) is -3.62. The third-order valence-corrected chi connectivity index (χ3v) is 7.87. The zero-order chi connectivity index (χ0) is 21.8. The number of hydrogen-bond acceptors (Lipinski definition) is 3. The van der Waals surface area contributed by atoms with E-state index in [-0.39, 0.29) is 12.5 Å². The minimum absolute atomic E-state index is 0.0936. The van der Waals surface area contributed by atoms with Crippen molar-refractivity contribution in [2.75, 3.05) is 13.1 Å². The molecule has 1 N–H and O–H groups in total. The highest BCUT2D eigenvalue weighted by molar-refractivity contribution is 7.89. The van der Waals surface area contributed by atoms with Crippen molar-refractivity contribution < 1.29 is 13.2 Å². The zero-order valence-corrected chi connectivity index (χ0v) is 19.0. The molecule has 1 unspecified atom stereocenters. The molecule has 1 saturated heterocycles. The first-order valence-electron chi connectivity index (χ1n) is 10.7. The van der Waals surface area contributed by atoms with Crippen LogP contribution in [0.2, 0.25) is 0 Å². The molecule has 1 aliphatic rings. The molecule has 1 atom stereocenters. The van der Waals surface area contributed by atoms with Crippen molar-refractivity contribution in [1.82, 2.24) is 9.62 Å². The number of piperidine rings is 1. The van der Waals surface area contributed by atoms with Crippen LogP contribution in [0.15, 0.2) is 53.4 Å². The monoisotopic (exact) mass is 428 g/mol. The summed E-state index contributed by atoms with van der Waals surface area (Å²) in [5, 5.41) is 3.02. The zero-order valence-electron chi connectivity index (χ0n) is 18.1. The molecule has 3 rings (SSSR count). The molecular weight excluding hydrogens is 396 g/mol. The fourth-order valence-corrected chi connectivity index (χ4v) is 5.65. The number of sulfonamides is 1. The predicted molar refractivity (Wildman–Crippen MR) is 120 cm³/mol. The minimum atomic E-state index is -3.62. The smallest absolute Gasteiger partial charge is 0.243 e. The van der Waals surface area contributed by atoms with E-state index in [2.05, 4.69) is 12.2 Å². The molecule has 0 aliphatic carbocycles. The van der Waals surface area contributed by atoms with E-state index in [0.29, 0.717) is 30.8 Å². The summed E-state index contributed by atoms with van der Waals surface area (Å²) >= 11 is 0. The van der Waals surface area contributed by atoms with Crippen molar-refractivity contribution in [3.8, 4) is 0 Å². The van der Waals surface area contributed by atoms with Crippen molar-refractivity contribution in [2.24, 2.45) is 5.41 Å². The van der Waals surface area contributed by atoms with Crippen LogP contribution in [0.5, 0.6) is 0 Å². The van der Waals surface area contributed by atoms with E-state index in [4.69, 9.17) is 0 Å². The second-order valence-electron chi connectivity index (χ2n) is 8.51. The fraction of sp³-hybridized carbons (Fsp3) is 0.458. The van der Waals surface area contributed by atoms with Crippen LogP contribution < -0.4 is 5.32 Å². The summed E-state index contributed by atoms with van der Waals surface area (Å²) in [6, 6.07) is 15.1. The van der Waals surface area contributed by atoms with Crippen molar-refractivity contribution in [3.05, 3.63) is 65.2 Å². The van der Waals surface area contributed by atoms with Crippen LogP contribution in [-0.4, -0.2) is 31.7 Å². The largest absolute Gasteiger partial charge is 0.352 e. The first-order chi connectivity index (χ1) is 14.3. The lowest BCUT2D eigenvalue weighted by Gasteiger charge is -2.38. The maximum Gasteiger partial charge on any atom is 0.243 e. The summed E-state index contributed by atoms with van der Waals surface area (Å²) in [5.41, 5.74) is 2.59. The van der Waals surface area contributed by atoms with Crippen molar-refractivity contribution in [3.63, 3.8) is 0 Å². The van der Waals surface area contributed by atoms with E-state index in [1.807, 2.05) is 50.2 Å². The number of nitrogens with zero attached hydrogens (tertiary/aromatic N) is 1. The molecule has 1 aliphatic heterocycles. The third-order valence-electron chi connectivity index (χ3n) is 6.01. The molecule has 0 bridgehead atoms. The summed E-state index contributed by atoms with van der Waals surface area (Å²) in [5.74, 6) is -0.0936. The van der Waals surface area contributed by atoms with E-state index in [0.717, 1.165) is 29.5 Å². The van der Waals surface area contributed by atoms with Gasteiger partial charge in [0.25, 0.3) is 0 Å². The number of amides is 1. The molecule has 2 aromatic carbocycles. The van der Waals surface area contributed by atoms with Crippen molar-refractivity contribution in [1.29, 1.82) is 0 Å². The average Bonchev–Trinajstić information content (AvgIpc) is 2.73. The van der Waals surface area contributed by atoms with Gasteiger partial charge in [0.05, 0.1) is 10.3 Å². The second-order valence-corrected chi connectivity index (χ2v) is 10.4. The van der Waals surface area contributed by atoms with Gasteiger partial charge >= 0.3 is 0 Å². The van der Waals surface area contributed by atoms with Gasteiger partial charge in [-0.05, 0) is 61.9 Å². The molecule has 1 fully saturated rings. The highest BCUT2D eigenvalue weighted by Crippen LogP contribution is 2.33. The lowest BCUT2D eigenvalue weighted by Crippen LogP contribution is -2.51. The predicted octanol–water partition coefficient (Wildman–Crippen LogP) is 4.05. The van der Waals surface area contributed by atoms with E-state index >= 15 is 0 Å². The molecule has 0 radical (unpaired) electrons. The van der Waals surface area contributed by atoms with Gasteiger partial charge in [0.1, 0.15) is 0 Å². The minimum Gasteiger partial charge on any atom is -0.352 e. The number of carbonyl (C=O) groups excluding carboxylic acids is 1. The quantitative estimate of drug-likeness (QED) is 0.723. The Kier molecular flexibility index (Phi) is 6.98. The Morgan fingerprint density at radius 2 is 1.83 bits per heavy atom. The third kappa shape index (κ3) is 4.93. The van der Waals surface area contributed by atoms with E-state index in [1.54, 1.807) is 12.1 Å². The Bertz CT molecular complexity index is 986. The van der Waals surface area contributed by atoms with Crippen LogP contribution >= 0.6 is 0 Å². The second kappa shape index (κ2) is 9.31. The molecule has 0 spiro atoms. The Morgan fingerprint density at radius 1 is 1.13 bits per heavy atom. The van der Waals surface area contributed by atoms with Crippen LogP contribution in [-0.2, 0) is 27.8 Å². The maximum absolute atomic E-state index is 13.2.